The molecule has 0 aliphatic carbocycles. The lowest BCUT2D eigenvalue weighted by Crippen LogP contribution is -2.43. The maximum absolute atomic E-state index is 2.65. The Bertz CT molecular complexity index is 1960. The maximum atomic E-state index is 2.65. The van der Waals surface area contributed by atoms with E-state index in [4.69, 9.17) is 0 Å². The minimum atomic E-state index is -0.188. The molecule has 2 heteroatoms. The van der Waals surface area contributed by atoms with Gasteiger partial charge in [-0.15, -0.1) is 0 Å². The van der Waals surface area contributed by atoms with E-state index in [9.17, 15) is 0 Å². The van der Waals surface area contributed by atoms with Crippen LogP contribution in [0.15, 0.2) is 97.1 Å². The molecule has 0 spiro atoms. The Balaban J connectivity index is 1.45. The quantitative estimate of drug-likeness (QED) is 0.203. The van der Waals surface area contributed by atoms with E-state index in [-0.39, 0.29) is 21.7 Å². The van der Waals surface area contributed by atoms with Crippen LogP contribution in [0.3, 0.4) is 0 Å². The molecule has 5 aromatic rings. The summed E-state index contributed by atoms with van der Waals surface area (Å²) in [6.45, 7) is 23.6. The largest absolute Gasteiger partial charge is 0.310 e. The van der Waals surface area contributed by atoms with Gasteiger partial charge in [0.2, 0.25) is 0 Å². The average Bonchev–Trinajstić information content (AvgIpc) is 3.01. The third kappa shape index (κ3) is 3.76. The summed E-state index contributed by atoms with van der Waals surface area (Å²) in [6.07, 6.45) is 0. The van der Waals surface area contributed by atoms with E-state index >= 15 is 0 Å². The Kier molecular flexibility index (Phi) is 5.80. The predicted molar refractivity (Wildman–Crippen MR) is 196 cm³/mol. The molecule has 0 aromatic heterocycles. The molecular weight excluding hydrogens is 556 g/mol. The Morgan fingerprint density at radius 1 is 0.478 bits per heavy atom. The Morgan fingerprint density at radius 2 is 0.848 bits per heavy atom. The summed E-state index contributed by atoms with van der Waals surface area (Å²) in [5, 5.41) is 0. The molecule has 0 atom stereocenters. The summed E-state index contributed by atoms with van der Waals surface area (Å²) >= 11 is 0. The van der Waals surface area contributed by atoms with Gasteiger partial charge in [0.05, 0.1) is 17.1 Å². The van der Waals surface area contributed by atoms with Gasteiger partial charge in [-0.25, -0.2) is 0 Å². The molecule has 232 valence electrons. The average molecular weight is 603 g/mol. The Hall–Kier alpha value is -4.30. The normalized spacial score (nSPS) is 17.4. The van der Waals surface area contributed by atoms with Crippen molar-refractivity contribution in [1.29, 1.82) is 0 Å². The number of hydrogen-bond donors (Lipinski definition) is 0. The van der Waals surface area contributed by atoms with Crippen molar-refractivity contribution >= 4 is 34.1 Å². The van der Waals surface area contributed by atoms with Gasteiger partial charge < -0.3 is 9.80 Å². The topological polar surface area (TPSA) is 6.48 Å². The maximum Gasteiger partial charge on any atom is 0.0545 e. The second-order valence-corrected chi connectivity index (χ2v) is 16.5. The lowest BCUT2D eigenvalue weighted by atomic mass is 9.61. The first-order valence-corrected chi connectivity index (χ1v) is 16.9. The predicted octanol–water partition coefficient (Wildman–Crippen LogP) is 12.2. The standard InChI is InChI=1S/C44H46N2/c1-27-17-21-29(22-18-27)45(30-23-19-28(20-24-30)41(2,3)4)31-25-36-40-37(26-31)44(9,10)35-16-12-14-33-39(35)46(40)38-32(42(33,5)6)13-11-15-34(38)43(36,7)8/h11-26H,1-10H3. The number of para-hydroxylation sites is 2. The van der Waals surface area contributed by atoms with Crippen molar-refractivity contribution < 1.29 is 0 Å². The minimum Gasteiger partial charge on any atom is -0.310 e. The second kappa shape index (κ2) is 9.16. The number of nitrogens with zero attached hydrogens (tertiary/aromatic N) is 2. The molecule has 46 heavy (non-hydrogen) atoms. The molecular formula is C44H46N2. The molecule has 8 rings (SSSR count). The minimum absolute atomic E-state index is 0.0875. The van der Waals surface area contributed by atoms with Gasteiger partial charge in [0.25, 0.3) is 0 Å². The van der Waals surface area contributed by atoms with E-state index < -0.39 is 0 Å². The summed E-state index contributed by atoms with van der Waals surface area (Å²) < 4.78 is 0. The lowest BCUT2D eigenvalue weighted by molar-refractivity contribution is 0.566. The number of benzene rings is 5. The van der Waals surface area contributed by atoms with Crippen LogP contribution in [0.25, 0.3) is 0 Å². The molecule has 5 aromatic carbocycles. The van der Waals surface area contributed by atoms with E-state index in [2.05, 4.69) is 176 Å². The molecule has 3 aliphatic rings. The fourth-order valence-electron chi connectivity index (χ4n) is 8.55. The molecule has 0 N–H and O–H groups in total. The fourth-order valence-corrected chi connectivity index (χ4v) is 8.55. The first-order chi connectivity index (χ1) is 21.6. The van der Waals surface area contributed by atoms with Crippen molar-refractivity contribution in [1.82, 2.24) is 0 Å². The third-order valence-electron chi connectivity index (χ3n) is 11.4. The molecule has 0 amide bonds. The van der Waals surface area contributed by atoms with Crippen molar-refractivity contribution in [2.75, 3.05) is 9.80 Å². The molecule has 0 fully saturated rings. The van der Waals surface area contributed by atoms with Crippen LogP contribution in [0.2, 0.25) is 0 Å². The summed E-state index contributed by atoms with van der Waals surface area (Å²) in [7, 11) is 0. The van der Waals surface area contributed by atoms with Crippen molar-refractivity contribution in [3.63, 3.8) is 0 Å². The van der Waals surface area contributed by atoms with E-state index in [1.54, 1.807) is 0 Å². The van der Waals surface area contributed by atoms with Gasteiger partial charge >= 0.3 is 0 Å². The van der Waals surface area contributed by atoms with E-state index in [1.807, 2.05) is 0 Å². The van der Waals surface area contributed by atoms with Crippen molar-refractivity contribution in [2.45, 2.75) is 90.9 Å². The van der Waals surface area contributed by atoms with E-state index in [0.717, 1.165) is 0 Å². The van der Waals surface area contributed by atoms with Crippen molar-refractivity contribution in [3.8, 4) is 0 Å². The van der Waals surface area contributed by atoms with Gasteiger partial charge in [0, 0.05) is 33.3 Å². The van der Waals surface area contributed by atoms with Crippen molar-refractivity contribution in [3.05, 3.63) is 142 Å². The van der Waals surface area contributed by atoms with Crippen LogP contribution in [0.5, 0.6) is 0 Å². The highest BCUT2D eigenvalue weighted by atomic mass is 15.2. The lowest BCUT2D eigenvalue weighted by Gasteiger charge is -2.55. The van der Waals surface area contributed by atoms with Crippen LogP contribution >= 0.6 is 0 Å². The number of hydrogen-bond acceptors (Lipinski definition) is 2. The van der Waals surface area contributed by atoms with E-state index in [0.29, 0.717) is 0 Å². The molecule has 0 saturated heterocycles. The van der Waals surface area contributed by atoms with Gasteiger partial charge in [-0.1, -0.05) is 129 Å². The third-order valence-corrected chi connectivity index (χ3v) is 11.4. The monoisotopic (exact) mass is 602 g/mol. The number of aryl methyl sites for hydroxylation is 1. The number of rotatable bonds is 3. The zero-order valence-electron chi connectivity index (χ0n) is 29.1. The molecule has 2 nitrogen and oxygen atoms in total. The van der Waals surface area contributed by atoms with Gasteiger partial charge in [0.1, 0.15) is 0 Å². The molecule has 0 radical (unpaired) electrons. The zero-order valence-corrected chi connectivity index (χ0v) is 29.1. The van der Waals surface area contributed by atoms with Gasteiger partial charge in [-0.05, 0) is 87.7 Å². The van der Waals surface area contributed by atoms with Crippen molar-refractivity contribution in [2.24, 2.45) is 0 Å². The highest BCUT2D eigenvalue weighted by molar-refractivity contribution is 5.99. The first kappa shape index (κ1) is 29.1. The van der Waals surface area contributed by atoms with Crippen LogP contribution in [0.4, 0.5) is 34.1 Å². The SMILES string of the molecule is Cc1ccc(N(c2ccc(C(C)(C)C)cc2)c2cc3c4c(c2)C(C)(C)c2cccc5c2N4c2c(cccc2C3(C)C)C5(C)C)cc1. The Labute approximate surface area is 275 Å². The highest BCUT2D eigenvalue weighted by Gasteiger charge is 2.51. The summed E-state index contributed by atoms with van der Waals surface area (Å²) in [4.78, 5) is 5.12. The first-order valence-electron chi connectivity index (χ1n) is 16.9. The van der Waals surface area contributed by atoms with Gasteiger partial charge in [-0.2, -0.15) is 0 Å². The Morgan fingerprint density at radius 3 is 1.26 bits per heavy atom. The van der Waals surface area contributed by atoms with Gasteiger partial charge in [0.15, 0.2) is 0 Å². The molecule has 3 heterocycles. The summed E-state index contributed by atoms with van der Waals surface area (Å²) in [6, 6.07) is 37.2. The highest BCUT2D eigenvalue weighted by Crippen LogP contribution is 2.66. The smallest absolute Gasteiger partial charge is 0.0545 e. The van der Waals surface area contributed by atoms with Crippen LogP contribution < -0.4 is 9.80 Å². The van der Waals surface area contributed by atoms with Gasteiger partial charge in [-0.3, -0.25) is 0 Å². The van der Waals surface area contributed by atoms with E-state index in [1.165, 1.54) is 78.6 Å². The van der Waals surface area contributed by atoms with Crippen LogP contribution in [-0.4, -0.2) is 0 Å². The molecule has 0 unspecified atom stereocenters. The van der Waals surface area contributed by atoms with Crippen LogP contribution in [0.1, 0.15) is 107 Å². The summed E-state index contributed by atoms with van der Waals surface area (Å²) in [5.41, 5.74) is 18.4. The zero-order chi connectivity index (χ0) is 32.6. The number of anilines is 6. The summed E-state index contributed by atoms with van der Waals surface area (Å²) in [5.74, 6) is 0. The van der Waals surface area contributed by atoms with Crippen LogP contribution in [0, 0.1) is 6.92 Å². The fraction of sp³-hybridized carbons (Fsp3) is 0.318. The van der Waals surface area contributed by atoms with Crippen LogP contribution in [-0.2, 0) is 21.7 Å². The molecule has 3 aliphatic heterocycles. The molecule has 0 saturated carbocycles. The second-order valence-electron chi connectivity index (χ2n) is 16.5. The molecule has 0 bridgehead atoms.